The van der Waals surface area contributed by atoms with Gasteiger partial charge in [-0.15, -0.1) is 0 Å². The number of anilines is 1. The molecule has 0 spiro atoms. The zero-order valence-corrected chi connectivity index (χ0v) is 20.9. The smallest absolute Gasteiger partial charge is 0.232 e. The minimum absolute atomic E-state index is 0.175. The largest absolute Gasteiger partial charge is 0.349 e. The van der Waals surface area contributed by atoms with E-state index in [2.05, 4.69) is 5.32 Å². The number of benzene rings is 2. The molecule has 0 aromatic heterocycles. The Bertz CT molecular complexity index is 1160. The van der Waals surface area contributed by atoms with E-state index < -0.39 is 19.9 Å². The van der Waals surface area contributed by atoms with Crippen molar-refractivity contribution in [1.82, 2.24) is 5.32 Å². The third-order valence-corrected chi connectivity index (χ3v) is 7.77. The van der Waals surface area contributed by atoms with Crippen LogP contribution in [0.1, 0.15) is 48.9 Å². The van der Waals surface area contributed by atoms with Gasteiger partial charge < -0.3 is 5.32 Å². The third kappa shape index (κ3) is 6.80. The molecule has 0 saturated carbocycles. The van der Waals surface area contributed by atoms with Crippen LogP contribution in [-0.4, -0.2) is 41.8 Å². The van der Waals surface area contributed by atoms with Crippen LogP contribution < -0.4 is 9.62 Å². The van der Waals surface area contributed by atoms with Gasteiger partial charge in [0.2, 0.25) is 15.9 Å². The zero-order chi connectivity index (χ0) is 24.1. The highest BCUT2D eigenvalue weighted by atomic mass is 32.2. The quantitative estimate of drug-likeness (QED) is 0.561. The number of rotatable bonds is 10. The maximum Gasteiger partial charge on any atom is 0.232 e. The summed E-state index contributed by atoms with van der Waals surface area (Å²) in [6.45, 7) is 5.95. The fourth-order valence-electron chi connectivity index (χ4n) is 3.49. The second-order valence-electron chi connectivity index (χ2n) is 8.03. The van der Waals surface area contributed by atoms with Crippen molar-refractivity contribution < 1.29 is 21.6 Å². The van der Waals surface area contributed by atoms with Crippen LogP contribution in [0.15, 0.2) is 47.4 Å². The summed E-state index contributed by atoms with van der Waals surface area (Å²) in [6.07, 6.45) is 3.51. The SMILES string of the molecule is CC[C@@H](NC(=O)CCCN(c1cccc(C)c1C)S(C)(=O)=O)c1ccc(S(C)(=O)=O)cc1. The van der Waals surface area contributed by atoms with Gasteiger partial charge in [0.15, 0.2) is 9.84 Å². The summed E-state index contributed by atoms with van der Waals surface area (Å²) in [6, 6.07) is 11.8. The van der Waals surface area contributed by atoms with Crippen molar-refractivity contribution in [1.29, 1.82) is 0 Å². The monoisotopic (exact) mass is 480 g/mol. The lowest BCUT2D eigenvalue weighted by molar-refractivity contribution is -0.121. The first-order valence-electron chi connectivity index (χ1n) is 10.5. The number of carbonyl (C=O) groups excluding carboxylic acids is 1. The van der Waals surface area contributed by atoms with Crippen molar-refractivity contribution in [3.05, 3.63) is 59.2 Å². The molecule has 0 radical (unpaired) electrons. The number of hydrogen-bond acceptors (Lipinski definition) is 5. The average molecular weight is 481 g/mol. The molecule has 2 rings (SSSR count). The predicted molar refractivity (Wildman–Crippen MR) is 128 cm³/mol. The highest BCUT2D eigenvalue weighted by Gasteiger charge is 2.20. The highest BCUT2D eigenvalue weighted by molar-refractivity contribution is 7.92. The van der Waals surface area contributed by atoms with Crippen molar-refractivity contribution in [3.63, 3.8) is 0 Å². The second kappa shape index (κ2) is 10.5. The molecule has 2 aromatic rings. The molecule has 0 aliphatic heterocycles. The number of carbonyl (C=O) groups is 1. The van der Waals surface area contributed by atoms with Gasteiger partial charge in [0, 0.05) is 19.2 Å². The molecule has 0 aliphatic carbocycles. The minimum atomic E-state index is -3.49. The summed E-state index contributed by atoms with van der Waals surface area (Å²) in [5.41, 5.74) is 3.35. The Hall–Kier alpha value is -2.39. The lowest BCUT2D eigenvalue weighted by Crippen LogP contribution is -2.33. The molecule has 0 saturated heterocycles. The first kappa shape index (κ1) is 25.9. The Labute approximate surface area is 191 Å². The van der Waals surface area contributed by atoms with E-state index in [9.17, 15) is 21.6 Å². The number of nitrogens with zero attached hydrogens (tertiary/aromatic N) is 1. The Kier molecular flexibility index (Phi) is 8.47. The van der Waals surface area contributed by atoms with Gasteiger partial charge in [-0.2, -0.15) is 0 Å². The second-order valence-corrected chi connectivity index (χ2v) is 11.9. The van der Waals surface area contributed by atoms with E-state index in [0.717, 1.165) is 22.9 Å². The first-order valence-corrected chi connectivity index (χ1v) is 14.2. The van der Waals surface area contributed by atoms with E-state index in [1.54, 1.807) is 18.2 Å². The van der Waals surface area contributed by atoms with Crippen molar-refractivity contribution in [3.8, 4) is 0 Å². The molecule has 1 N–H and O–H groups in total. The van der Waals surface area contributed by atoms with Gasteiger partial charge in [0.25, 0.3) is 0 Å². The molecule has 9 heteroatoms. The summed E-state index contributed by atoms with van der Waals surface area (Å²) in [5.74, 6) is -0.182. The van der Waals surface area contributed by atoms with Gasteiger partial charge in [-0.05, 0) is 61.6 Å². The predicted octanol–water partition coefficient (Wildman–Crippen LogP) is 3.52. The summed E-state index contributed by atoms with van der Waals surface area (Å²) < 4.78 is 49.3. The summed E-state index contributed by atoms with van der Waals surface area (Å²) in [5, 5.41) is 2.96. The van der Waals surface area contributed by atoms with E-state index in [4.69, 9.17) is 0 Å². The van der Waals surface area contributed by atoms with Crippen LogP contribution in [-0.2, 0) is 24.7 Å². The molecule has 1 atom stereocenters. The van der Waals surface area contributed by atoms with Crippen LogP contribution in [0.3, 0.4) is 0 Å². The normalized spacial score (nSPS) is 12.9. The van der Waals surface area contributed by atoms with Gasteiger partial charge in [0.05, 0.1) is 22.9 Å². The van der Waals surface area contributed by atoms with Crippen LogP contribution in [0, 0.1) is 13.8 Å². The highest BCUT2D eigenvalue weighted by Crippen LogP contribution is 2.25. The average Bonchev–Trinajstić information content (AvgIpc) is 2.70. The van der Waals surface area contributed by atoms with Crippen molar-refractivity contribution in [2.24, 2.45) is 0 Å². The van der Waals surface area contributed by atoms with E-state index in [1.165, 1.54) is 22.7 Å². The molecular formula is C23H32N2O5S2. The van der Waals surface area contributed by atoms with Crippen LogP contribution in [0.5, 0.6) is 0 Å². The Morgan fingerprint density at radius 2 is 1.62 bits per heavy atom. The maximum atomic E-state index is 12.5. The van der Waals surface area contributed by atoms with Crippen molar-refractivity contribution in [2.45, 2.75) is 51.0 Å². The van der Waals surface area contributed by atoms with Crippen molar-refractivity contribution >= 4 is 31.5 Å². The fraction of sp³-hybridized carbons (Fsp3) is 0.435. The number of amides is 1. The number of hydrogen-bond donors (Lipinski definition) is 1. The van der Waals surface area contributed by atoms with Gasteiger partial charge in [-0.25, -0.2) is 16.8 Å². The molecule has 0 fully saturated rings. The van der Waals surface area contributed by atoms with Gasteiger partial charge >= 0.3 is 0 Å². The van der Waals surface area contributed by atoms with Gasteiger partial charge in [-0.3, -0.25) is 9.10 Å². The van der Waals surface area contributed by atoms with Gasteiger partial charge in [0.1, 0.15) is 0 Å². The van der Waals surface area contributed by atoms with E-state index in [0.29, 0.717) is 18.5 Å². The van der Waals surface area contributed by atoms with Crippen LogP contribution in [0.2, 0.25) is 0 Å². The molecule has 7 nitrogen and oxygen atoms in total. The van der Waals surface area contributed by atoms with Crippen LogP contribution >= 0.6 is 0 Å². The first-order chi connectivity index (χ1) is 14.8. The molecule has 1 amide bonds. The summed E-state index contributed by atoms with van der Waals surface area (Å²) in [7, 11) is -6.77. The Morgan fingerprint density at radius 3 is 2.16 bits per heavy atom. The molecule has 0 heterocycles. The Balaban J connectivity index is 2.03. The number of aryl methyl sites for hydroxylation is 1. The van der Waals surface area contributed by atoms with Gasteiger partial charge in [-0.1, -0.05) is 31.2 Å². The lowest BCUT2D eigenvalue weighted by atomic mass is 10.0. The van der Waals surface area contributed by atoms with E-state index in [1.807, 2.05) is 32.9 Å². The van der Waals surface area contributed by atoms with E-state index in [-0.39, 0.29) is 29.8 Å². The number of sulfone groups is 1. The molecular weight excluding hydrogens is 448 g/mol. The standard InChI is InChI=1S/C23H32N2O5S2/c1-6-21(19-12-14-20(15-13-19)31(4,27)28)24-23(26)11-8-16-25(32(5,29)30)22-10-7-9-17(2)18(22)3/h7,9-10,12-15,21H,6,8,11,16H2,1-5H3,(H,24,26)/t21-/m1/s1. The lowest BCUT2D eigenvalue weighted by Gasteiger charge is -2.25. The number of nitrogens with one attached hydrogen (secondary N) is 1. The fourth-order valence-corrected chi connectivity index (χ4v) is 5.14. The maximum absolute atomic E-state index is 12.5. The number of sulfonamides is 1. The summed E-state index contributed by atoms with van der Waals surface area (Å²) >= 11 is 0. The summed E-state index contributed by atoms with van der Waals surface area (Å²) in [4.78, 5) is 12.8. The molecule has 0 aliphatic rings. The van der Waals surface area contributed by atoms with Crippen molar-refractivity contribution in [2.75, 3.05) is 23.4 Å². The van der Waals surface area contributed by atoms with Crippen LogP contribution in [0.25, 0.3) is 0 Å². The Morgan fingerprint density at radius 1 is 1.00 bits per heavy atom. The molecule has 32 heavy (non-hydrogen) atoms. The zero-order valence-electron chi connectivity index (χ0n) is 19.3. The van der Waals surface area contributed by atoms with E-state index >= 15 is 0 Å². The molecule has 0 bridgehead atoms. The van der Waals surface area contributed by atoms with Crippen LogP contribution in [0.4, 0.5) is 5.69 Å². The molecule has 2 aromatic carbocycles. The third-order valence-electron chi connectivity index (χ3n) is 5.46. The molecule has 176 valence electrons. The minimum Gasteiger partial charge on any atom is -0.349 e. The topological polar surface area (TPSA) is 101 Å². The molecule has 0 unspecified atom stereocenters.